The number of hydrogen-bond donors (Lipinski definition) is 2. The van der Waals surface area contributed by atoms with E-state index < -0.39 is 31.3 Å². The summed E-state index contributed by atoms with van der Waals surface area (Å²) in [7, 11) is -11.7. The molecule has 4 heterocycles. The van der Waals surface area contributed by atoms with Crippen molar-refractivity contribution in [2.45, 2.75) is 85.0 Å². The predicted octanol–water partition coefficient (Wildman–Crippen LogP) is 23.3. The minimum absolute atomic E-state index is 0. The Morgan fingerprint density at radius 1 is 0.254 bits per heavy atom. The van der Waals surface area contributed by atoms with Gasteiger partial charge in [0.05, 0.1) is 26.2 Å². The Hall–Kier alpha value is -13.7. The maximum atomic E-state index is 10.7. The van der Waals surface area contributed by atoms with E-state index in [1.165, 1.54) is 133 Å². The molecular weight excluding hydrogens is 2200 g/mol. The first-order valence-electron chi connectivity index (χ1n) is 46.6. The van der Waals surface area contributed by atoms with Crippen molar-refractivity contribution in [2.24, 2.45) is 23.7 Å². The van der Waals surface area contributed by atoms with Crippen molar-refractivity contribution < 1.29 is 115 Å². The summed E-state index contributed by atoms with van der Waals surface area (Å²) >= 11 is 0. The molecule has 0 amide bonds. The summed E-state index contributed by atoms with van der Waals surface area (Å²) in [5.74, 6) is 2.03. The molecule has 0 saturated heterocycles. The fraction of sp³-hybridized carbons (Fsp3) is 0.153. The third-order valence-electron chi connectivity index (χ3n) is 28.2. The van der Waals surface area contributed by atoms with Crippen LogP contribution in [0.4, 0.5) is 26.3 Å². The van der Waals surface area contributed by atoms with Crippen molar-refractivity contribution in [1.82, 2.24) is 18.3 Å². The number of benzene rings is 16. The average molecular weight is 2290 g/mol. The van der Waals surface area contributed by atoms with Crippen molar-refractivity contribution in [3.8, 4) is 0 Å². The molecule has 0 spiro atoms. The van der Waals surface area contributed by atoms with Crippen LogP contribution in [0.15, 0.2) is 437 Å². The molecule has 0 fully saturated rings. The van der Waals surface area contributed by atoms with Gasteiger partial charge in [0.2, 0.25) is 25.3 Å². The first-order chi connectivity index (χ1) is 68.1. The average Bonchev–Trinajstić information content (AvgIpc) is 1.03. The molecule has 14 nitrogen and oxygen atoms in total. The first-order valence-corrected chi connectivity index (χ1v) is 49.5. The minimum Gasteiger partial charge on any atom is -0.344 e. The zero-order valence-corrected chi connectivity index (χ0v) is 82.1. The van der Waals surface area contributed by atoms with Gasteiger partial charge in [0.25, 0.3) is 0 Å². The normalized spacial score (nSPS) is 17.1. The standard InChI is InChI=1S/2C58H46N4.2CHF3O3S.2Au/c2*1-5-21-41(22-6-1)57(42-23-7-2-8-24-42)61-39-59(51-33-17-19-35-53(51)61)37-49-50(56-47-31-15-13-29-45(47)55(49)46-30-14-16-32-48(46)56)38-60-40-62(54-36-20-18-34-52(54)60)58(43-25-9-3-10-26-43)44-27-11-4-12-28-44;2*2-1(3,4)8(5,6)7;;/h2*1-36,49-50,55-58H,37-38H2;2*(H,5,6,7);;/q;;;;2*+3. The van der Waals surface area contributed by atoms with Crippen molar-refractivity contribution in [3.63, 3.8) is 0 Å². The Bertz CT molecular complexity index is 6940. The van der Waals surface area contributed by atoms with Crippen molar-refractivity contribution in [3.05, 3.63) is 551 Å². The summed E-state index contributed by atoms with van der Waals surface area (Å²) in [5.41, 5.74) is 20.2. The molecule has 20 aromatic rings. The molecule has 26 rings (SSSR count). The molecule has 712 valence electrons. The molecule has 24 heteroatoms. The van der Waals surface area contributed by atoms with Gasteiger partial charge in [-0.2, -0.15) is 43.2 Å². The zero-order chi connectivity index (χ0) is 96.0. The van der Waals surface area contributed by atoms with Crippen molar-refractivity contribution >= 4 is 64.4 Å². The molecule has 0 radical (unpaired) electrons. The number of rotatable bonds is 20. The number of alkyl halides is 6. The van der Waals surface area contributed by atoms with E-state index in [9.17, 15) is 26.3 Å². The van der Waals surface area contributed by atoms with E-state index in [1.54, 1.807) is 0 Å². The number of fused-ring (bicyclic) bond motifs is 6. The summed E-state index contributed by atoms with van der Waals surface area (Å²) in [5, 5.41) is 0. The summed E-state index contributed by atoms with van der Waals surface area (Å²) in [4.78, 5) is 0. The van der Waals surface area contributed by atoms with E-state index in [1.807, 2.05) is 0 Å². The molecule has 4 bridgehead atoms. The third-order valence-corrected chi connectivity index (χ3v) is 29.4. The van der Waals surface area contributed by atoms with Gasteiger partial charge in [-0.15, -0.1) is 0 Å². The molecule has 142 heavy (non-hydrogen) atoms. The van der Waals surface area contributed by atoms with Crippen LogP contribution >= 0.6 is 0 Å². The zero-order valence-electron chi connectivity index (χ0n) is 76.1. The fourth-order valence-corrected chi connectivity index (χ4v) is 22.5. The number of nitrogens with zero attached hydrogens (tertiary/aromatic N) is 8. The van der Waals surface area contributed by atoms with Crippen LogP contribution in [0.25, 0.3) is 44.1 Å². The van der Waals surface area contributed by atoms with Crippen molar-refractivity contribution in [2.75, 3.05) is 0 Å². The Morgan fingerprint density at radius 3 is 0.676 bits per heavy atom. The van der Waals surface area contributed by atoms with Crippen LogP contribution in [0.2, 0.25) is 0 Å². The number of imidazole rings is 4. The van der Waals surface area contributed by atoms with Crippen LogP contribution in [0.3, 0.4) is 0 Å². The Labute approximate surface area is 850 Å². The Morgan fingerprint density at radius 2 is 0.444 bits per heavy atom. The number of halogens is 6. The van der Waals surface area contributed by atoms with Gasteiger partial charge in [-0.1, -0.05) is 437 Å². The number of hydrogen-bond acceptors (Lipinski definition) is 4. The number of para-hydroxylation sites is 8. The second kappa shape index (κ2) is 41.1. The van der Waals surface area contributed by atoms with Gasteiger partial charge in [0.1, 0.15) is 24.2 Å². The first kappa shape index (κ1) is 97.1. The SMILES string of the molecule is O=S(=O)(O)C(F)(F)F.O=S(=O)(O)C(F)(F)F.[Au+3].[Au+3].[c-]1n(C(c2ccccc2)c2ccccc2)c2ccccc2[n+]1CC1C2c3ccccc3C(c3ccccc32)C1Cn1[c-][n+](C(c2ccccc2)c2ccccc2)c2ccccc21.[c-]1n(C(c2ccccc2)c2ccccc2)c2ccccc2[n+]1CC1C2c3ccccc3C(c3ccccc32)C1Cn1[c-][n+](C(c2ccccc2)c2ccccc2)c2ccccc21. The van der Waals surface area contributed by atoms with E-state index in [-0.39, 0.29) is 116 Å². The summed E-state index contributed by atoms with van der Waals surface area (Å²) in [6.45, 7) is 3.31. The fourth-order valence-electron chi connectivity index (χ4n) is 22.5. The second-order valence-electron chi connectivity index (χ2n) is 36.1. The third kappa shape index (κ3) is 18.8. The molecule has 0 saturated carbocycles. The molecule has 0 aliphatic heterocycles. The summed E-state index contributed by atoms with van der Waals surface area (Å²) < 4.78 is 134. The van der Waals surface area contributed by atoms with Gasteiger partial charge in [-0.3, -0.25) is 9.11 Å². The van der Waals surface area contributed by atoms with Crippen molar-refractivity contribution in [1.29, 1.82) is 0 Å². The largest absolute Gasteiger partial charge is 3.00 e. The quantitative estimate of drug-likeness (QED) is 0.0194. The van der Waals surface area contributed by atoms with Crippen LogP contribution in [0.1, 0.15) is 137 Å². The minimum atomic E-state index is -5.84. The van der Waals surface area contributed by atoms with Gasteiger partial charge in [-0.25, -0.2) is 0 Å². The molecule has 2 N–H and O–H groups in total. The van der Waals surface area contributed by atoms with Crippen LogP contribution in [0.5, 0.6) is 0 Å². The predicted molar refractivity (Wildman–Crippen MR) is 527 cm³/mol. The molecule has 4 aromatic heterocycles. The topological polar surface area (TPSA) is 144 Å². The van der Waals surface area contributed by atoms with E-state index in [2.05, 4.69) is 499 Å². The molecule has 16 aromatic carbocycles. The monoisotopic (exact) mass is 2290 g/mol. The van der Waals surface area contributed by atoms with Crippen LogP contribution < -0.4 is 18.3 Å². The van der Waals surface area contributed by atoms with Crippen LogP contribution in [-0.4, -0.2) is 55.2 Å². The smallest absolute Gasteiger partial charge is 0.344 e. The molecule has 6 aliphatic rings. The second-order valence-corrected chi connectivity index (χ2v) is 38.9. The molecule has 4 unspecified atom stereocenters. The maximum Gasteiger partial charge on any atom is 3.00 e. The molecule has 4 atom stereocenters. The van der Waals surface area contributed by atoms with Gasteiger partial charge in [-0.05, 0) is 89.0 Å². The Kier molecular flexibility index (Phi) is 28.1. The summed E-state index contributed by atoms with van der Waals surface area (Å²) in [6.07, 6.45) is 16.1. The van der Waals surface area contributed by atoms with Gasteiger partial charge in [0.15, 0.2) is 0 Å². The van der Waals surface area contributed by atoms with E-state index in [0.717, 1.165) is 26.2 Å². The summed E-state index contributed by atoms with van der Waals surface area (Å²) in [6, 6.07) is 160. The maximum absolute atomic E-state index is 10.7. The van der Waals surface area contributed by atoms with Gasteiger partial charge in [0, 0.05) is 91.5 Å². The molecule has 6 aliphatic carbocycles. The van der Waals surface area contributed by atoms with Crippen LogP contribution in [-0.2, 0) is 91.2 Å². The van der Waals surface area contributed by atoms with E-state index in [4.69, 9.17) is 25.9 Å². The molecular formula is C118H94Au2F6N8O6S2+6. The van der Waals surface area contributed by atoms with Crippen LogP contribution in [0, 0.1) is 49.0 Å². The van der Waals surface area contributed by atoms with E-state index >= 15 is 0 Å². The Balaban J connectivity index is 0.000000154. The van der Waals surface area contributed by atoms with Gasteiger partial charge >= 0.3 is 76.0 Å². The van der Waals surface area contributed by atoms with E-state index in [0.29, 0.717) is 0 Å². The number of aromatic nitrogens is 8. The van der Waals surface area contributed by atoms with Gasteiger partial charge < -0.3 is 36.5 Å².